The Morgan fingerprint density at radius 1 is 1.52 bits per heavy atom. The molecule has 4 unspecified atom stereocenters. The monoisotopic (exact) mass is 374 g/mol. The molecular formula is C17H24ClFN2O4. The molecule has 4 atom stereocenters. The molecular weight excluding hydrogens is 351 g/mol. The molecule has 1 aromatic rings. The van der Waals surface area contributed by atoms with Gasteiger partial charge >= 0.3 is 5.97 Å². The molecule has 3 N–H and O–H groups in total. The van der Waals surface area contributed by atoms with Crippen molar-refractivity contribution in [2.45, 2.75) is 57.5 Å². The van der Waals surface area contributed by atoms with Crippen molar-refractivity contribution in [1.29, 1.82) is 0 Å². The minimum absolute atomic E-state index is 0.00878. The Morgan fingerprint density at radius 2 is 2.16 bits per heavy atom. The molecule has 1 fully saturated rings. The highest BCUT2D eigenvalue weighted by molar-refractivity contribution is 6.23. The van der Waals surface area contributed by atoms with Crippen molar-refractivity contribution in [3.63, 3.8) is 0 Å². The van der Waals surface area contributed by atoms with Crippen molar-refractivity contribution in [1.82, 2.24) is 5.32 Å². The minimum Gasteiger partial charge on any atom is -0.459 e. The van der Waals surface area contributed by atoms with Crippen molar-refractivity contribution >= 4 is 23.3 Å². The van der Waals surface area contributed by atoms with Crippen LogP contribution in [0.4, 0.5) is 10.1 Å². The highest BCUT2D eigenvalue weighted by Crippen LogP contribution is 2.41. The zero-order chi connectivity index (χ0) is 19.0. The first-order chi connectivity index (χ1) is 11.5. The van der Waals surface area contributed by atoms with Gasteiger partial charge in [0.25, 0.3) is 5.31 Å². The van der Waals surface area contributed by atoms with Crippen molar-refractivity contribution < 1.29 is 24.1 Å². The zero-order valence-corrected chi connectivity index (χ0v) is 15.4. The van der Waals surface area contributed by atoms with Crippen LogP contribution in [0.2, 0.25) is 0 Å². The lowest BCUT2D eigenvalue weighted by atomic mass is 9.91. The fourth-order valence-corrected chi connectivity index (χ4v) is 3.23. The van der Waals surface area contributed by atoms with Crippen LogP contribution in [0.3, 0.4) is 0 Å². The molecule has 8 heteroatoms. The zero-order valence-electron chi connectivity index (χ0n) is 14.7. The Morgan fingerprint density at radius 3 is 2.72 bits per heavy atom. The van der Waals surface area contributed by atoms with Crippen molar-refractivity contribution in [2.24, 2.45) is 5.92 Å². The maximum atomic E-state index is 14.9. The van der Waals surface area contributed by atoms with Crippen molar-refractivity contribution in [3.05, 3.63) is 29.8 Å². The van der Waals surface area contributed by atoms with E-state index in [2.05, 4.69) is 5.32 Å². The summed E-state index contributed by atoms with van der Waals surface area (Å²) in [7, 11) is 0. The Balaban J connectivity index is 2.39. The van der Waals surface area contributed by atoms with Crippen LogP contribution in [0.1, 0.15) is 44.5 Å². The lowest BCUT2D eigenvalue weighted by Crippen LogP contribution is -2.74. The van der Waals surface area contributed by atoms with Gasteiger partial charge in [0, 0.05) is 11.6 Å². The largest absolute Gasteiger partial charge is 0.459 e. The average Bonchev–Trinajstić information content (AvgIpc) is 2.52. The third kappa shape index (κ3) is 3.89. The van der Waals surface area contributed by atoms with Crippen LogP contribution in [0, 0.1) is 5.92 Å². The second-order valence-corrected chi connectivity index (χ2v) is 7.03. The lowest BCUT2D eigenvalue weighted by Gasteiger charge is -2.52. The van der Waals surface area contributed by atoms with Gasteiger partial charge in [0.2, 0.25) is 0 Å². The summed E-state index contributed by atoms with van der Waals surface area (Å²) in [5.41, 5.74) is 0.479. The second-order valence-electron chi connectivity index (χ2n) is 6.50. The average molecular weight is 375 g/mol. The molecule has 140 valence electrons. The summed E-state index contributed by atoms with van der Waals surface area (Å²) < 4.78 is 20.0. The number of hydrogen-bond acceptors (Lipinski definition) is 6. The van der Waals surface area contributed by atoms with E-state index in [0.717, 1.165) is 4.90 Å². The third-order valence-corrected chi connectivity index (χ3v) is 4.61. The number of ether oxygens (including phenoxy) is 1. The van der Waals surface area contributed by atoms with E-state index in [9.17, 15) is 19.4 Å². The molecule has 0 radical (unpaired) electrons. The molecule has 6 nitrogen and oxygen atoms in total. The molecule has 0 spiro atoms. The van der Waals surface area contributed by atoms with Crippen molar-refractivity contribution in [2.75, 3.05) is 4.90 Å². The number of halogens is 2. The van der Waals surface area contributed by atoms with Gasteiger partial charge in [-0.25, -0.2) is 14.5 Å². The quantitative estimate of drug-likeness (QED) is 0.427. The van der Waals surface area contributed by atoms with Crippen LogP contribution in [0.15, 0.2) is 24.3 Å². The maximum Gasteiger partial charge on any atom is 0.338 e. The van der Waals surface area contributed by atoms with E-state index in [4.69, 9.17) is 16.3 Å². The molecule has 25 heavy (non-hydrogen) atoms. The molecule has 1 saturated heterocycles. The molecule has 1 aliphatic rings. The highest BCUT2D eigenvalue weighted by atomic mass is 35.5. The molecule has 1 aromatic carbocycles. The molecule has 1 heterocycles. The van der Waals surface area contributed by atoms with Crippen LogP contribution in [-0.4, -0.2) is 39.6 Å². The smallest absolute Gasteiger partial charge is 0.338 e. The number of carbonyl (C=O) groups is 1. The Labute approximate surface area is 151 Å². The first-order valence-corrected chi connectivity index (χ1v) is 8.57. The number of benzene rings is 1. The summed E-state index contributed by atoms with van der Waals surface area (Å²) in [6.45, 7) is 6.55. The second kappa shape index (κ2) is 7.07. The summed E-state index contributed by atoms with van der Waals surface area (Å²) in [6.07, 6.45) is -1.69. The van der Waals surface area contributed by atoms with E-state index < -0.39 is 29.2 Å². The predicted octanol–water partition coefficient (Wildman–Crippen LogP) is 2.53. The number of rotatable bonds is 4. The van der Waals surface area contributed by atoms with Crippen LogP contribution >= 0.6 is 11.6 Å². The number of anilines is 1. The van der Waals surface area contributed by atoms with Gasteiger partial charge in [0.1, 0.15) is 6.23 Å². The van der Waals surface area contributed by atoms with E-state index in [1.807, 2.05) is 0 Å². The number of aliphatic hydroxyl groups is 2. The van der Waals surface area contributed by atoms with Gasteiger partial charge in [-0.2, -0.15) is 0 Å². The van der Waals surface area contributed by atoms with Gasteiger partial charge < -0.3 is 14.9 Å². The number of hydrogen-bond donors (Lipinski definition) is 3. The summed E-state index contributed by atoms with van der Waals surface area (Å²) in [5.74, 6) is -3.47. The molecule has 2 rings (SSSR count). The van der Waals surface area contributed by atoms with Crippen LogP contribution in [0.5, 0.6) is 0 Å². The molecule has 0 amide bonds. The van der Waals surface area contributed by atoms with E-state index in [0.29, 0.717) is 0 Å². The molecule has 0 bridgehead atoms. The molecule has 1 aliphatic heterocycles. The number of alkyl halides is 2. The predicted molar refractivity (Wildman–Crippen MR) is 92.7 cm³/mol. The van der Waals surface area contributed by atoms with Crippen molar-refractivity contribution in [3.8, 4) is 0 Å². The minimum atomic E-state index is -2.36. The van der Waals surface area contributed by atoms with Gasteiger partial charge in [0.05, 0.1) is 11.7 Å². The van der Waals surface area contributed by atoms with E-state index >= 15 is 0 Å². The number of esters is 1. The molecule has 0 aromatic heterocycles. The van der Waals surface area contributed by atoms with Gasteiger partial charge in [-0.1, -0.05) is 19.9 Å². The van der Waals surface area contributed by atoms with Gasteiger partial charge in [-0.15, -0.1) is 0 Å². The summed E-state index contributed by atoms with van der Waals surface area (Å²) >= 11 is 6.07. The van der Waals surface area contributed by atoms with E-state index in [-0.39, 0.29) is 23.8 Å². The Kier molecular flexibility index (Phi) is 5.63. The number of nitrogens with one attached hydrogen (secondary N) is 1. The Hall–Kier alpha value is -1.41. The van der Waals surface area contributed by atoms with E-state index in [1.54, 1.807) is 39.0 Å². The normalized spacial score (nSPS) is 32.8. The SMILES string of the molecule is CCC1(F)NC(O)(Cl)N(c2cccc(C(=O)OC(C)C)c2)C(O)C1C. The number of nitrogens with zero attached hydrogens (tertiary/aromatic N) is 1. The van der Waals surface area contributed by atoms with Gasteiger partial charge in [-0.3, -0.25) is 4.90 Å². The summed E-state index contributed by atoms with van der Waals surface area (Å²) in [6, 6.07) is 6.08. The fraction of sp³-hybridized carbons (Fsp3) is 0.588. The van der Waals surface area contributed by atoms with Crippen LogP contribution in [0.25, 0.3) is 0 Å². The third-order valence-electron chi connectivity index (χ3n) is 4.34. The summed E-state index contributed by atoms with van der Waals surface area (Å²) in [5, 5.41) is 21.0. The number of aliphatic hydroxyl groups excluding tert-OH is 1. The maximum absolute atomic E-state index is 14.9. The van der Waals surface area contributed by atoms with E-state index in [1.165, 1.54) is 13.0 Å². The molecule has 0 saturated carbocycles. The Bertz CT molecular complexity index is 643. The van der Waals surface area contributed by atoms with Gasteiger partial charge in [-0.05, 0) is 50.1 Å². The number of carbonyl (C=O) groups excluding carboxylic acids is 1. The van der Waals surface area contributed by atoms with Crippen LogP contribution < -0.4 is 10.2 Å². The first kappa shape index (κ1) is 19.9. The summed E-state index contributed by atoms with van der Waals surface area (Å²) in [4.78, 5) is 13.1. The van der Waals surface area contributed by atoms with Crippen LogP contribution in [-0.2, 0) is 4.74 Å². The fourth-order valence-electron chi connectivity index (χ4n) is 2.87. The molecule has 0 aliphatic carbocycles. The van der Waals surface area contributed by atoms with Gasteiger partial charge in [0.15, 0.2) is 5.79 Å². The first-order valence-electron chi connectivity index (χ1n) is 8.20. The standard InChI is InChI=1S/C17H24ClFN2O4/c1-5-16(19)11(4)14(22)21(17(18,24)20-16)13-8-6-7-12(9-13)15(23)25-10(2)3/h6-11,14,20,22,24H,5H2,1-4H3. The topological polar surface area (TPSA) is 82.0 Å². The highest BCUT2D eigenvalue weighted by Gasteiger charge is 2.55. The lowest BCUT2D eigenvalue weighted by molar-refractivity contribution is -0.132.